The second-order valence-corrected chi connectivity index (χ2v) is 11.1. The summed E-state index contributed by atoms with van der Waals surface area (Å²) in [5.41, 5.74) is -0.540. The maximum atomic E-state index is 14.0. The molecule has 4 atom stereocenters. The Morgan fingerprint density at radius 3 is 2.48 bits per heavy atom. The fourth-order valence-corrected chi connectivity index (χ4v) is 6.75. The molecule has 0 aliphatic heterocycles. The number of aryl methyl sites for hydroxylation is 2. The van der Waals surface area contributed by atoms with Crippen molar-refractivity contribution < 1.29 is 39.5 Å². The van der Waals surface area contributed by atoms with Crippen LogP contribution in [0, 0.1) is 11.8 Å². The summed E-state index contributed by atoms with van der Waals surface area (Å²) in [5, 5.41) is 44.9. The number of ether oxygens (including phenoxy) is 1. The topological polar surface area (TPSA) is 145 Å². The Hall–Kier alpha value is -3.95. The van der Waals surface area contributed by atoms with E-state index in [1.807, 2.05) is 24.3 Å². The Kier molecular flexibility index (Phi) is 6.84. The van der Waals surface area contributed by atoms with Crippen molar-refractivity contribution in [2.45, 2.75) is 44.2 Å². The first-order chi connectivity index (χ1) is 18.9. The fraction of sp³-hybridized carbons (Fsp3) is 0.387. The third-order valence-corrected chi connectivity index (χ3v) is 8.62. The highest BCUT2D eigenvalue weighted by molar-refractivity contribution is 6.25. The molecule has 0 bridgehead atoms. The first-order valence-corrected chi connectivity index (χ1v) is 13.2. The summed E-state index contributed by atoms with van der Waals surface area (Å²) in [6, 6.07) is 9.93. The second-order valence-electron chi connectivity index (χ2n) is 11.1. The van der Waals surface area contributed by atoms with E-state index in [9.17, 15) is 34.8 Å². The van der Waals surface area contributed by atoms with Crippen LogP contribution in [0.1, 0.15) is 35.6 Å². The van der Waals surface area contributed by atoms with Crippen molar-refractivity contribution in [1.82, 2.24) is 4.90 Å². The minimum Gasteiger partial charge on any atom is -0.508 e. The number of likely N-dealkylation sites (N-methyl/N-ethyl adjacent to an activating group) is 1. The average Bonchev–Trinajstić information content (AvgIpc) is 2.90. The smallest absolute Gasteiger partial charge is 0.202 e. The van der Waals surface area contributed by atoms with Crippen molar-refractivity contribution in [2.24, 2.45) is 11.8 Å². The predicted molar refractivity (Wildman–Crippen MR) is 146 cm³/mol. The van der Waals surface area contributed by atoms with E-state index in [2.05, 4.69) is 0 Å². The number of nitrogens with zero attached hydrogens (tertiary/aromatic N) is 1. The summed E-state index contributed by atoms with van der Waals surface area (Å²) in [6.45, 7) is 1.09. The molecule has 9 nitrogen and oxygen atoms in total. The molecular formula is C31H33NO8. The van der Waals surface area contributed by atoms with Crippen LogP contribution < -0.4 is 4.74 Å². The minimum absolute atomic E-state index is 0.0931. The molecule has 1 saturated carbocycles. The van der Waals surface area contributed by atoms with Gasteiger partial charge in [-0.25, -0.2) is 0 Å². The Morgan fingerprint density at radius 2 is 1.82 bits per heavy atom. The van der Waals surface area contributed by atoms with E-state index in [-0.39, 0.29) is 29.7 Å². The van der Waals surface area contributed by atoms with Crippen LogP contribution in [0.2, 0.25) is 0 Å². The van der Waals surface area contributed by atoms with Gasteiger partial charge in [-0.15, -0.1) is 0 Å². The zero-order valence-electron chi connectivity index (χ0n) is 22.9. The number of aliphatic hydroxyl groups excluding tert-OH is 2. The van der Waals surface area contributed by atoms with Gasteiger partial charge in [0.1, 0.15) is 28.6 Å². The quantitative estimate of drug-likeness (QED) is 0.401. The number of aromatic hydroxyl groups is 1. The molecule has 210 valence electrons. The molecule has 0 aromatic heterocycles. The zero-order valence-corrected chi connectivity index (χ0v) is 22.9. The minimum atomic E-state index is -2.57. The predicted octanol–water partition coefficient (Wildman–Crippen LogP) is 2.86. The summed E-state index contributed by atoms with van der Waals surface area (Å²) in [5.74, 6) is -4.91. The number of carbonyl (C=O) groups is 3. The maximum Gasteiger partial charge on any atom is 0.202 e. The first kappa shape index (κ1) is 27.6. The third kappa shape index (κ3) is 4.03. The van der Waals surface area contributed by atoms with Crippen LogP contribution in [0.25, 0.3) is 5.76 Å². The number of Topliss-reactive ketones (excluding diaryl/α,β-unsaturated/α-hetero) is 3. The van der Waals surface area contributed by atoms with Gasteiger partial charge in [0.2, 0.25) is 5.78 Å². The van der Waals surface area contributed by atoms with E-state index in [0.717, 1.165) is 23.8 Å². The lowest BCUT2D eigenvalue weighted by atomic mass is 9.57. The van der Waals surface area contributed by atoms with Gasteiger partial charge in [-0.05, 0) is 87.5 Å². The number of hydrogen-bond acceptors (Lipinski definition) is 9. The number of benzene rings is 2. The third-order valence-electron chi connectivity index (χ3n) is 8.62. The number of phenolic OH excluding ortho intramolecular Hbond substituents is 1. The molecule has 0 radical (unpaired) electrons. The van der Waals surface area contributed by atoms with Gasteiger partial charge in [0.15, 0.2) is 17.2 Å². The number of hydrogen-bond donors (Lipinski definition) is 4. The van der Waals surface area contributed by atoms with Gasteiger partial charge in [0, 0.05) is 11.5 Å². The highest BCUT2D eigenvalue weighted by atomic mass is 16.5. The van der Waals surface area contributed by atoms with Gasteiger partial charge < -0.3 is 25.2 Å². The van der Waals surface area contributed by atoms with E-state index < -0.39 is 57.9 Å². The van der Waals surface area contributed by atoms with Crippen LogP contribution >= 0.6 is 0 Å². The van der Waals surface area contributed by atoms with Crippen LogP contribution in [0.4, 0.5) is 0 Å². The number of rotatable bonds is 6. The monoisotopic (exact) mass is 547 g/mol. The molecule has 0 unspecified atom stereocenters. The second kappa shape index (κ2) is 9.91. The molecule has 5 rings (SSSR count). The number of aliphatic hydroxyl groups is 3. The van der Waals surface area contributed by atoms with Crippen molar-refractivity contribution in [3.63, 3.8) is 0 Å². The molecule has 4 N–H and O–H groups in total. The van der Waals surface area contributed by atoms with Crippen molar-refractivity contribution in [3.05, 3.63) is 75.6 Å². The number of ketones is 3. The Bertz CT molecular complexity index is 1500. The van der Waals surface area contributed by atoms with Crippen LogP contribution in [0.15, 0.2) is 53.3 Å². The molecule has 2 aromatic carbocycles. The summed E-state index contributed by atoms with van der Waals surface area (Å²) in [6.07, 6.45) is 1.64. The van der Waals surface area contributed by atoms with Crippen molar-refractivity contribution >= 4 is 23.1 Å². The molecule has 0 heterocycles. The van der Waals surface area contributed by atoms with E-state index in [0.29, 0.717) is 18.4 Å². The zero-order chi connectivity index (χ0) is 29.1. The van der Waals surface area contributed by atoms with Crippen molar-refractivity contribution in [1.29, 1.82) is 0 Å². The largest absolute Gasteiger partial charge is 0.508 e. The lowest BCUT2D eigenvalue weighted by Crippen LogP contribution is -2.65. The van der Waals surface area contributed by atoms with Gasteiger partial charge in [0.25, 0.3) is 0 Å². The van der Waals surface area contributed by atoms with Gasteiger partial charge in [0.05, 0.1) is 18.7 Å². The van der Waals surface area contributed by atoms with Crippen molar-refractivity contribution in [2.75, 3.05) is 21.2 Å². The van der Waals surface area contributed by atoms with Gasteiger partial charge in [-0.1, -0.05) is 18.2 Å². The standard InChI is InChI=1S/C31H33NO8/c1-15(33)23-28(36)26(32(2)3)21-14-18-13-20-17(9-8-16-6-5-7-19(12-16)40-4)10-11-22(34)25(20)27(35)24(18)30(38)31(21,39)29(23)37/h5-7,10-12,18,21,26,34-35,37,39H,8-9,13-14H2,1-4H3/t18-,21-,26-,31+/m0/s1. The van der Waals surface area contributed by atoms with E-state index in [4.69, 9.17) is 4.74 Å². The highest BCUT2D eigenvalue weighted by Gasteiger charge is 2.64. The summed E-state index contributed by atoms with van der Waals surface area (Å²) in [7, 11) is 4.83. The Balaban J connectivity index is 1.60. The molecule has 0 saturated heterocycles. The fourth-order valence-electron chi connectivity index (χ4n) is 6.75. The lowest BCUT2D eigenvalue weighted by molar-refractivity contribution is -0.153. The molecule has 2 aromatic rings. The summed E-state index contributed by atoms with van der Waals surface area (Å²) in [4.78, 5) is 41.1. The molecular weight excluding hydrogens is 514 g/mol. The van der Waals surface area contributed by atoms with Crippen LogP contribution in [-0.4, -0.2) is 75.5 Å². The van der Waals surface area contributed by atoms with E-state index >= 15 is 0 Å². The molecule has 0 amide bonds. The molecule has 1 fully saturated rings. The van der Waals surface area contributed by atoms with Crippen LogP contribution in [0.3, 0.4) is 0 Å². The SMILES string of the molecule is COc1cccc(CCc2ccc(O)c3c2C[C@H]2C[C@H]4[C@H](N(C)C)C(=O)C(C(C)=O)=C(O)[C@@]4(O)C(=O)C2=C3O)c1. The highest BCUT2D eigenvalue weighted by Crippen LogP contribution is 2.53. The lowest BCUT2D eigenvalue weighted by Gasteiger charge is -2.50. The first-order valence-electron chi connectivity index (χ1n) is 13.2. The molecule has 3 aliphatic carbocycles. The molecule has 9 heteroatoms. The van der Waals surface area contributed by atoms with E-state index in [1.165, 1.54) is 11.0 Å². The summed E-state index contributed by atoms with van der Waals surface area (Å²) < 4.78 is 5.32. The molecule has 3 aliphatic rings. The molecule has 0 spiro atoms. The van der Waals surface area contributed by atoms with Crippen LogP contribution in [-0.2, 0) is 33.6 Å². The summed E-state index contributed by atoms with van der Waals surface area (Å²) >= 11 is 0. The van der Waals surface area contributed by atoms with Crippen LogP contribution in [0.5, 0.6) is 11.5 Å². The number of carbonyl (C=O) groups excluding carboxylic acids is 3. The number of methoxy groups -OCH3 is 1. The van der Waals surface area contributed by atoms with Gasteiger partial charge in [-0.3, -0.25) is 19.3 Å². The van der Waals surface area contributed by atoms with Crippen molar-refractivity contribution in [3.8, 4) is 11.5 Å². The Labute approximate surface area is 232 Å². The maximum absolute atomic E-state index is 14.0. The van der Waals surface area contributed by atoms with Gasteiger partial charge >= 0.3 is 0 Å². The number of fused-ring (bicyclic) bond motifs is 3. The normalized spacial score (nSPS) is 26.0. The van der Waals surface area contributed by atoms with E-state index in [1.54, 1.807) is 27.3 Å². The number of phenols is 1. The molecule has 40 heavy (non-hydrogen) atoms. The van der Waals surface area contributed by atoms with Gasteiger partial charge in [-0.2, -0.15) is 0 Å². The Morgan fingerprint density at radius 1 is 1.10 bits per heavy atom. The average molecular weight is 548 g/mol.